The minimum Gasteiger partial charge on any atom is -0.452 e. The standard InChI is InChI=1S/C22H43O4P/c1-3-5-6-7-8-9-10-11-12-13-14-15-16-17-18-19-20-27(24,25)21-26-22(23)4-2/h4H,2-3,5-21H2,1H3,(H,24,25). The predicted molar refractivity (Wildman–Crippen MR) is 115 cm³/mol. The molecule has 1 N–H and O–H groups in total. The van der Waals surface area contributed by atoms with E-state index in [1.54, 1.807) is 0 Å². The first-order valence-electron chi connectivity index (χ1n) is 11.1. The minimum atomic E-state index is -3.34. The molecule has 0 fully saturated rings. The molecule has 0 aromatic carbocycles. The molecule has 160 valence electrons. The zero-order valence-electron chi connectivity index (χ0n) is 17.6. The van der Waals surface area contributed by atoms with Gasteiger partial charge in [0.05, 0.1) is 0 Å². The van der Waals surface area contributed by atoms with E-state index in [1.807, 2.05) is 0 Å². The Bertz CT molecular complexity index is 409. The highest BCUT2D eigenvalue weighted by molar-refractivity contribution is 7.57. The van der Waals surface area contributed by atoms with Gasteiger partial charge in [-0.3, -0.25) is 4.57 Å². The van der Waals surface area contributed by atoms with E-state index in [2.05, 4.69) is 18.2 Å². The first kappa shape index (κ1) is 26.4. The van der Waals surface area contributed by atoms with Crippen LogP contribution in [0.5, 0.6) is 0 Å². The highest BCUT2D eigenvalue weighted by Crippen LogP contribution is 2.41. The summed E-state index contributed by atoms with van der Waals surface area (Å²) in [5.74, 6) is -0.642. The van der Waals surface area contributed by atoms with Crippen molar-refractivity contribution in [3.63, 3.8) is 0 Å². The summed E-state index contributed by atoms with van der Waals surface area (Å²) in [6.07, 6.45) is 21.3. The van der Waals surface area contributed by atoms with Crippen LogP contribution in [0.25, 0.3) is 0 Å². The first-order chi connectivity index (χ1) is 13.0. The molecule has 0 amide bonds. The molecule has 0 bridgehead atoms. The van der Waals surface area contributed by atoms with Gasteiger partial charge in [0.1, 0.15) is 0 Å². The molecule has 0 rings (SSSR count). The number of hydrogen-bond donors (Lipinski definition) is 1. The van der Waals surface area contributed by atoms with Crippen LogP contribution in [0.15, 0.2) is 12.7 Å². The van der Waals surface area contributed by atoms with Gasteiger partial charge in [-0.25, -0.2) is 4.79 Å². The molecule has 0 aromatic heterocycles. The summed E-state index contributed by atoms with van der Waals surface area (Å²) < 4.78 is 16.5. The second-order valence-corrected chi connectivity index (χ2v) is 10.1. The van der Waals surface area contributed by atoms with Crippen molar-refractivity contribution in [2.75, 3.05) is 12.5 Å². The van der Waals surface area contributed by atoms with Crippen molar-refractivity contribution in [3.8, 4) is 0 Å². The number of unbranched alkanes of at least 4 members (excludes halogenated alkanes) is 15. The molecule has 0 spiro atoms. The number of rotatable bonds is 20. The second-order valence-electron chi connectivity index (χ2n) is 7.67. The lowest BCUT2D eigenvalue weighted by atomic mass is 10.0. The summed E-state index contributed by atoms with van der Waals surface area (Å²) in [5, 5.41) is 0. The Balaban J connectivity index is 3.27. The third-order valence-corrected chi connectivity index (χ3v) is 6.48. The Hall–Kier alpha value is -0.600. The summed E-state index contributed by atoms with van der Waals surface area (Å²) >= 11 is 0. The van der Waals surface area contributed by atoms with E-state index in [-0.39, 0.29) is 6.16 Å². The molecule has 1 unspecified atom stereocenters. The van der Waals surface area contributed by atoms with Crippen LogP contribution in [0.3, 0.4) is 0 Å². The van der Waals surface area contributed by atoms with E-state index in [4.69, 9.17) is 0 Å². The fraction of sp³-hybridized carbons (Fsp3) is 0.864. The molecule has 0 aliphatic heterocycles. The highest BCUT2D eigenvalue weighted by atomic mass is 31.2. The topological polar surface area (TPSA) is 63.6 Å². The molecule has 1 atom stereocenters. The SMILES string of the molecule is C=CC(=O)OCP(=O)(O)CCCCCCCCCCCCCCCCCC. The van der Waals surface area contributed by atoms with E-state index in [9.17, 15) is 14.3 Å². The van der Waals surface area contributed by atoms with Crippen LogP contribution in [-0.2, 0) is 14.1 Å². The third kappa shape index (κ3) is 20.0. The lowest BCUT2D eigenvalue weighted by Gasteiger charge is -2.11. The van der Waals surface area contributed by atoms with Crippen molar-refractivity contribution in [1.29, 1.82) is 0 Å². The molecule has 0 aliphatic rings. The van der Waals surface area contributed by atoms with Gasteiger partial charge in [-0.15, -0.1) is 0 Å². The second kappa shape index (κ2) is 18.7. The summed E-state index contributed by atoms with van der Waals surface area (Å²) in [6.45, 7) is 5.53. The highest BCUT2D eigenvalue weighted by Gasteiger charge is 2.19. The Labute approximate surface area is 167 Å². The molecule has 4 nitrogen and oxygen atoms in total. The molecular weight excluding hydrogens is 359 g/mol. The van der Waals surface area contributed by atoms with Gasteiger partial charge in [0.15, 0.2) is 6.35 Å². The van der Waals surface area contributed by atoms with Crippen LogP contribution < -0.4 is 0 Å². The maximum atomic E-state index is 11.8. The van der Waals surface area contributed by atoms with Crippen LogP contribution in [-0.4, -0.2) is 23.4 Å². The molecular formula is C22H43O4P. The molecule has 0 radical (unpaired) electrons. The van der Waals surface area contributed by atoms with Gasteiger partial charge in [0, 0.05) is 12.2 Å². The van der Waals surface area contributed by atoms with Crippen molar-refractivity contribution >= 4 is 13.3 Å². The summed E-state index contributed by atoms with van der Waals surface area (Å²) in [7, 11) is -3.34. The van der Waals surface area contributed by atoms with Gasteiger partial charge in [-0.2, -0.15) is 0 Å². The van der Waals surface area contributed by atoms with Gasteiger partial charge in [0.2, 0.25) is 7.37 Å². The largest absolute Gasteiger partial charge is 0.452 e. The van der Waals surface area contributed by atoms with Crippen molar-refractivity contribution in [1.82, 2.24) is 0 Å². The molecule has 5 heteroatoms. The lowest BCUT2D eigenvalue weighted by Crippen LogP contribution is -2.04. The Morgan fingerprint density at radius 3 is 1.56 bits per heavy atom. The molecule has 0 heterocycles. The van der Waals surface area contributed by atoms with E-state index in [0.29, 0.717) is 0 Å². The average Bonchev–Trinajstić information content (AvgIpc) is 2.65. The first-order valence-corrected chi connectivity index (χ1v) is 13.1. The number of ether oxygens (including phenoxy) is 1. The van der Waals surface area contributed by atoms with Crippen LogP contribution in [0.2, 0.25) is 0 Å². The van der Waals surface area contributed by atoms with Crippen molar-refractivity contribution < 1.29 is 19.0 Å². The fourth-order valence-electron chi connectivity index (χ4n) is 3.19. The number of hydrogen-bond acceptors (Lipinski definition) is 3. The zero-order valence-corrected chi connectivity index (χ0v) is 18.5. The molecule has 0 aliphatic carbocycles. The summed E-state index contributed by atoms with van der Waals surface area (Å²) in [6, 6.07) is 0. The van der Waals surface area contributed by atoms with Crippen LogP contribution >= 0.6 is 7.37 Å². The van der Waals surface area contributed by atoms with E-state index < -0.39 is 19.7 Å². The van der Waals surface area contributed by atoms with Gasteiger partial charge in [-0.1, -0.05) is 110 Å². The van der Waals surface area contributed by atoms with Gasteiger partial charge in [0.25, 0.3) is 0 Å². The van der Waals surface area contributed by atoms with Crippen molar-refractivity contribution in [2.45, 2.75) is 110 Å². The number of carbonyl (C=O) groups is 1. The normalized spacial score (nSPS) is 13.3. The fourth-order valence-corrected chi connectivity index (χ4v) is 4.37. The molecule has 0 aromatic rings. The van der Waals surface area contributed by atoms with Crippen molar-refractivity contribution in [3.05, 3.63) is 12.7 Å². The summed E-state index contributed by atoms with van der Waals surface area (Å²) in [4.78, 5) is 20.6. The predicted octanol–water partition coefficient (Wildman–Crippen LogP) is 7.21. The van der Waals surface area contributed by atoms with Gasteiger partial charge < -0.3 is 9.63 Å². The Morgan fingerprint density at radius 2 is 1.19 bits per heavy atom. The Morgan fingerprint density at radius 1 is 0.815 bits per heavy atom. The molecule has 27 heavy (non-hydrogen) atoms. The maximum absolute atomic E-state index is 11.8. The molecule has 0 saturated heterocycles. The van der Waals surface area contributed by atoms with Crippen molar-refractivity contribution in [2.24, 2.45) is 0 Å². The van der Waals surface area contributed by atoms with Gasteiger partial charge in [-0.05, 0) is 6.42 Å². The quantitative estimate of drug-likeness (QED) is 0.101. The monoisotopic (exact) mass is 402 g/mol. The van der Waals surface area contributed by atoms with E-state index in [0.717, 1.165) is 25.3 Å². The van der Waals surface area contributed by atoms with Gasteiger partial charge >= 0.3 is 5.97 Å². The maximum Gasteiger partial charge on any atom is 0.330 e. The molecule has 0 saturated carbocycles. The zero-order chi connectivity index (χ0) is 20.2. The van der Waals surface area contributed by atoms with Crippen LogP contribution in [0.1, 0.15) is 110 Å². The Kier molecular flexibility index (Phi) is 18.3. The van der Waals surface area contributed by atoms with Crippen LogP contribution in [0.4, 0.5) is 0 Å². The van der Waals surface area contributed by atoms with E-state index in [1.165, 1.54) is 83.5 Å². The van der Waals surface area contributed by atoms with Crippen LogP contribution in [0, 0.1) is 0 Å². The average molecular weight is 403 g/mol. The minimum absolute atomic E-state index is 0.232. The smallest absolute Gasteiger partial charge is 0.330 e. The van der Waals surface area contributed by atoms with E-state index >= 15 is 0 Å². The number of carbonyl (C=O) groups excluding carboxylic acids is 1. The number of esters is 1. The summed E-state index contributed by atoms with van der Waals surface area (Å²) in [5.41, 5.74) is 0. The third-order valence-electron chi connectivity index (χ3n) is 4.94. The lowest BCUT2D eigenvalue weighted by molar-refractivity contribution is -0.136.